The molecule has 0 fully saturated rings. The fraction of sp³-hybridized carbons (Fsp3) is 0.0400. The Morgan fingerprint density at radius 1 is 0.373 bits per heavy atom. The average Bonchev–Trinajstić information content (AvgIpc) is 3.91. The first-order valence-electron chi connectivity index (χ1n) is 18.0. The monoisotopic (exact) mass is 645 g/mol. The van der Waals surface area contributed by atoms with E-state index in [1.807, 2.05) is 0 Å². The van der Waals surface area contributed by atoms with Crippen molar-refractivity contribution in [3.8, 4) is 50.2 Å². The maximum atomic E-state index is 2.48. The number of nitrogens with zero attached hydrogens (tertiary/aromatic N) is 1. The normalized spacial score (nSPS) is 15.8. The summed E-state index contributed by atoms with van der Waals surface area (Å²) < 4.78 is 2.44. The second-order valence-corrected chi connectivity index (χ2v) is 14.4. The minimum absolute atomic E-state index is 0.384. The van der Waals surface area contributed by atoms with Crippen molar-refractivity contribution >= 4 is 21.8 Å². The molecular formula is C50H31N. The van der Waals surface area contributed by atoms with Crippen LogP contribution in [0, 0.1) is 0 Å². The van der Waals surface area contributed by atoms with Crippen molar-refractivity contribution in [1.29, 1.82) is 0 Å². The Morgan fingerprint density at radius 3 is 1.63 bits per heavy atom. The highest BCUT2D eigenvalue weighted by Gasteiger charge is 2.51. The molecule has 1 atom stereocenters. The summed E-state index contributed by atoms with van der Waals surface area (Å²) in [6.45, 7) is 0. The molecule has 0 amide bonds. The van der Waals surface area contributed by atoms with Crippen LogP contribution in [0.2, 0.25) is 0 Å². The van der Waals surface area contributed by atoms with Crippen molar-refractivity contribution in [1.82, 2.24) is 4.57 Å². The van der Waals surface area contributed by atoms with Crippen LogP contribution in [-0.4, -0.2) is 4.57 Å². The Morgan fingerprint density at radius 2 is 0.902 bits per heavy atom. The first-order chi connectivity index (χ1) is 25.3. The minimum Gasteiger partial charge on any atom is -0.309 e. The number of rotatable bonds is 2. The molecule has 1 heteroatoms. The molecule has 1 aromatic heterocycles. The Labute approximate surface area is 296 Å². The lowest BCUT2D eigenvalue weighted by molar-refractivity contribution is 0.793. The van der Waals surface area contributed by atoms with Crippen LogP contribution in [0.15, 0.2) is 176 Å². The van der Waals surface area contributed by atoms with E-state index in [1.165, 1.54) is 105 Å². The number of fused-ring (bicyclic) bond motifs is 16. The highest BCUT2D eigenvalue weighted by atomic mass is 15.0. The summed E-state index contributed by atoms with van der Waals surface area (Å²) in [5, 5.41) is 2.57. The summed E-state index contributed by atoms with van der Waals surface area (Å²) in [6.07, 6.45) is 0.980. The molecule has 12 rings (SSSR count). The molecule has 1 nitrogen and oxygen atoms in total. The van der Waals surface area contributed by atoms with Crippen LogP contribution in [0.5, 0.6) is 0 Å². The van der Waals surface area contributed by atoms with Crippen LogP contribution in [0.4, 0.5) is 0 Å². The van der Waals surface area contributed by atoms with Crippen molar-refractivity contribution in [3.63, 3.8) is 0 Å². The Kier molecular flexibility index (Phi) is 5.28. The van der Waals surface area contributed by atoms with Gasteiger partial charge >= 0.3 is 0 Å². The van der Waals surface area contributed by atoms with Crippen LogP contribution in [0.1, 0.15) is 33.4 Å². The van der Waals surface area contributed by atoms with E-state index in [0.717, 1.165) is 6.42 Å². The van der Waals surface area contributed by atoms with E-state index in [0.29, 0.717) is 0 Å². The lowest BCUT2D eigenvalue weighted by atomic mass is 9.70. The van der Waals surface area contributed by atoms with Gasteiger partial charge in [0.05, 0.1) is 16.4 Å². The lowest BCUT2D eigenvalue weighted by Gasteiger charge is -2.30. The third-order valence-electron chi connectivity index (χ3n) is 12.1. The van der Waals surface area contributed by atoms with E-state index in [1.54, 1.807) is 0 Å². The van der Waals surface area contributed by atoms with Crippen LogP contribution >= 0.6 is 0 Å². The number of aromatic nitrogens is 1. The summed E-state index contributed by atoms with van der Waals surface area (Å²) in [4.78, 5) is 0. The van der Waals surface area contributed by atoms with Crippen molar-refractivity contribution < 1.29 is 0 Å². The zero-order valence-corrected chi connectivity index (χ0v) is 27.9. The lowest BCUT2D eigenvalue weighted by Crippen LogP contribution is -2.25. The SMILES string of the molecule is c1ccc2c(c1)Cc1c(-c3ccc4c(c3)-c3ccccc3C43c4ccccc4-c4cc(-n5c6ccccc6c6ccccc65)ccc43)cccc1-2. The molecule has 0 radical (unpaired) electrons. The largest absolute Gasteiger partial charge is 0.309 e. The van der Waals surface area contributed by atoms with Gasteiger partial charge in [-0.2, -0.15) is 0 Å². The average molecular weight is 646 g/mol. The molecule has 3 aliphatic rings. The molecule has 0 N–H and O–H groups in total. The summed E-state index contributed by atoms with van der Waals surface area (Å²) in [7, 11) is 0. The van der Waals surface area contributed by atoms with E-state index in [-0.39, 0.29) is 5.41 Å². The standard InChI is InChI=1S/C50H31N/c1-2-13-34-31(12-1)28-41-35(18-11-19-36(34)41)32-24-26-46-42(29-32)37-14-3-7-20-44(37)50(46)45-21-8-4-15-38(45)43-30-33(25-27-47(43)50)51-48-22-9-5-16-39(48)40-17-6-10-23-49(40)51/h1-27,29-30H,28H2. The maximum Gasteiger partial charge on any atom is 0.0725 e. The zero-order chi connectivity index (χ0) is 33.3. The van der Waals surface area contributed by atoms with E-state index >= 15 is 0 Å². The van der Waals surface area contributed by atoms with Crippen molar-refractivity contribution in [3.05, 3.63) is 209 Å². The van der Waals surface area contributed by atoms with Crippen molar-refractivity contribution in [2.24, 2.45) is 0 Å². The molecule has 0 saturated heterocycles. The third-order valence-corrected chi connectivity index (χ3v) is 12.1. The molecule has 8 aromatic carbocycles. The van der Waals surface area contributed by atoms with E-state index in [9.17, 15) is 0 Å². The minimum atomic E-state index is -0.384. The molecule has 0 bridgehead atoms. The van der Waals surface area contributed by atoms with Crippen molar-refractivity contribution in [2.75, 3.05) is 0 Å². The molecule has 236 valence electrons. The molecule has 1 unspecified atom stereocenters. The smallest absolute Gasteiger partial charge is 0.0725 e. The molecule has 3 aliphatic carbocycles. The van der Waals surface area contributed by atoms with Gasteiger partial charge in [0.15, 0.2) is 0 Å². The van der Waals surface area contributed by atoms with Gasteiger partial charge in [0, 0.05) is 16.5 Å². The fourth-order valence-electron chi connectivity index (χ4n) is 10.1. The summed E-state index contributed by atoms with van der Waals surface area (Å²) in [5.74, 6) is 0. The van der Waals surface area contributed by atoms with Crippen LogP contribution in [0.3, 0.4) is 0 Å². The number of benzene rings is 8. The highest BCUT2D eigenvalue weighted by Crippen LogP contribution is 2.63. The highest BCUT2D eigenvalue weighted by molar-refractivity contribution is 6.09. The Hall–Kier alpha value is -6.44. The Bertz CT molecular complexity index is 2900. The summed E-state index contributed by atoms with van der Waals surface area (Å²) in [5.41, 5.74) is 22.3. The first kappa shape index (κ1) is 27.4. The summed E-state index contributed by atoms with van der Waals surface area (Å²) in [6, 6.07) is 66.1. The molecule has 1 spiro atoms. The van der Waals surface area contributed by atoms with Crippen molar-refractivity contribution in [2.45, 2.75) is 11.8 Å². The van der Waals surface area contributed by atoms with Crippen LogP contribution in [-0.2, 0) is 11.8 Å². The van der Waals surface area contributed by atoms with E-state index < -0.39 is 0 Å². The van der Waals surface area contributed by atoms with Gasteiger partial charge in [-0.25, -0.2) is 0 Å². The molecule has 9 aromatic rings. The maximum absolute atomic E-state index is 2.48. The van der Waals surface area contributed by atoms with Gasteiger partial charge in [-0.15, -0.1) is 0 Å². The van der Waals surface area contributed by atoms with Gasteiger partial charge in [-0.3, -0.25) is 0 Å². The second-order valence-electron chi connectivity index (χ2n) is 14.4. The molecule has 51 heavy (non-hydrogen) atoms. The molecule has 0 aliphatic heterocycles. The van der Waals surface area contributed by atoms with Gasteiger partial charge < -0.3 is 4.57 Å². The molecular weight excluding hydrogens is 615 g/mol. The van der Waals surface area contributed by atoms with Gasteiger partial charge in [0.2, 0.25) is 0 Å². The second kappa shape index (κ2) is 9.84. The van der Waals surface area contributed by atoms with Crippen LogP contribution in [0.25, 0.3) is 72.0 Å². The number of para-hydroxylation sites is 2. The first-order valence-corrected chi connectivity index (χ1v) is 18.0. The predicted octanol–water partition coefficient (Wildman–Crippen LogP) is 12.4. The van der Waals surface area contributed by atoms with Gasteiger partial charge in [-0.1, -0.05) is 146 Å². The van der Waals surface area contributed by atoms with E-state index in [4.69, 9.17) is 0 Å². The zero-order valence-electron chi connectivity index (χ0n) is 27.9. The quantitative estimate of drug-likeness (QED) is 0.176. The number of hydrogen-bond acceptors (Lipinski definition) is 0. The van der Waals surface area contributed by atoms with Gasteiger partial charge in [-0.05, 0) is 115 Å². The summed E-state index contributed by atoms with van der Waals surface area (Å²) >= 11 is 0. The molecule has 0 saturated carbocycles. The molecule has 1 heterocycles. The topological polar surface area (TPSA) is 4.93 Å². The Balaban J connectivity index is 1.09. The third kappa shape index (κ3) is 3.41. The van der Waals surface area contributed by atoms with Gasteiger partial charge in [0.25, 0.3) is 0 Å². The van der Waals surface area contributed by atoms with E-state index in [2.05, 4.69) is 180 Å². The number of hydrogen-bond donors (Lipinski definition) is 0. The van der Waals surface area contributed by atoms with Gasteiger partial charge in [0.1, 0.15) is 0 Å². The van der Waals surface area contributed by atoms with Crippen LogP contribution < -0.4 is 0 Å². The predicted molar refractivity (Wildman–Crippen MR) is 211 cm³/mol. The fourth-order valence-corrected chi connectivity index (χ4v) is 10.1.